The topological polar surface area (TPSA) is 61.9 Å². The second kappa shape index (κ2) is 7.75. The molecule has 0 spiro atoms. The third-order valence-electron chi connectivity index (χ3n) is 5.76. The quantitative estimate of drug-likeness (QED) is 0.520. The van der Waals surface area contributed by atoms with Crippen LogP contribution in [-0.4, -0.2) is 38.8 Å². The van der Waals surface area contributed by atoms with Crippen molar-refractivity contribution < 1.29 is 4.79 Å². The summed E-state index contributed by atoms with van der Waals surface area (Å²) in [5.74, 6) is 0.565. The van der Waals surface area contributed by atoms with Crippen LogP contribution in [0.25, 0.3) is 33.5 Å². The SMILES string of the molecule is CC1CCCN(C(=O)c2cccc(-c3cnc4[nH]c(-c5ccccc5)cc4c3)n2)C1. The van der Waals surface area contributed by atoms with Crippen molar-refractivity contribution in [1.29, 1.82) is 0 Å². The number of piperidine rings is 1. The van der Waals surface area contributed by atoms with Crippen molar-refractivity contribution in [1.82, 2.24) is 19.9 Å². The number of hydrogen-bond acceptors (Lipinski definition) is 3. The normalized spacial score (nSPS) is 16.7. The smallest absolute Gasteiger partial charge is 0.272 e. The molecule has 5 heteroatoms. The number of nitrogens with zero attached hydrogens (tertiary/aromatic N) is 3. The lowest BCUT2D eigenvalue weighted by Crippen LogP contribution is -2.39. The number of fused-ring (bicyclic) bond motifs is 1. The number of benzene rings is 1. The number of pyridine rings is 2. The van der Waals surface area contributed by atoms with Crippen LogP contribution in [0.5, 0.6) is 0 Å². The van der Waals surface area contributed by atoms with Crippen molar-refractivity contribution in [2.75, 3.05) is 13.1 Å². The van der Waals surface area contributed by atoms with E-state index in [2.05, 4.69) is 46.1 Å². The molecule has 4 aromatic rings. The van der Waals surface area contributed by atoms with E-state index >= 15 is 0 Å². The molecule has 4 heterocycles. The molecule has 150 valence electrons. The lowest BCUT2D eigenvalue weighted by molar-refractivity contribution is 0.0677. The van der Waals surface area contributed by atoms with Crippen LogP contribution in [0.1, 0.15) is 30.3 Å². The van der Waals surface area contributed by atoms with Crippen LogP contribution in [0.3, 0.4) is 0 Å². The maximum absolute atomic E-state index is 12.9. The van der Waals surface area contributed by atoms with Crippen molar-refractivity contribution in [3.05, 3.63) is 72.6 Å². The maximum atomic E-state index is 12.9. The van der Waals surface area contributed by atoms with Crippen molar-refractivity contribution in [2.24, 2.45) is 5.92 Å². The molecule has 1 aliphatic heterocycles. The van der Waals surface area contributed by atoms with E-state index in [0.717, 1.165) is 53.1 Å². The molecule has 1 aliphatic rings. The zero-order chi connectivity index (χ0) is 20.5. The summed E-state index contributed by atoms with van der Waals surface area (Å²) < 4.78 is 0. The van der Waals surface area contributed by atoms with Crippen molar-refractivity contribution in [3.8, 4) is 22.5 Å². The van der Waals surface area contributed by atoms with Crippen LogP contribution in [0.2, 0.25) is 0 Å². The van der Waals surface area contributed by atoms with Crippen molar-refractivity contribution >= 4 is 16.9 Å². The molecule has 1 saturated heterocycles. The van der Waals surface area contributed by atoms with Gasteiger partial charge in [-0.2, -0.15) is 0 Å². The second-order valence-electron chi connectivity index (χ2n) is 8.12. The number of amides is 1. The second-order valence-corrected chi connectivity index (χ2v) is 8.12. The molecular formula is C25H24N4O. The number of rotatable bonds is 3. The number of aromatic nitrogens is 3. The Labute approximate surface area is 175 Å². The van der Waals surface area contributed by atoms with Crippen molar-refractivity contribution in [3.63, 3.8) is 0 Å². The van der Waals surface area contributed by atoms with Crippen LogP contribution in [0.4, 0.5) is 0 Å². The maximum Gasteiger partial charge on any atom is 0.272 e. The average Bonchev–Trinajstić information content (AvgIpc) is 3.23. The summed E-state index contributed by atoms with van der Waals surface area (Å²) in [6, 6.07) is 20.0. The minimum absolute atomic E-state index is 0.0189. The zero-order valence-corrected chi connectivity index (χ0v) is 17.0. The Kier molecular flexibility index (Phi) is 4.79. The number of hydrogen-bond donors (Lipinski definition) is 1. The summed E-state index contributed by atoms with van der Waals surface area (Å²) in [5, 5.41) is 1.02. The molecule has 30 heavy (non-hydrogen) atoms. The summed E-state index contributed by atoms with van der Waals surface area (Å²) >= 11 is 0. The summed E-state index contributed by atoms with van der Waals surface area (Å²) in [4.78, 5) is 27.5. The van der Waals surface area contributed by atoms with E-state index in [1.54, 1.807) is 6.07 Å². The Bertz CT molecular complexity index is 1200. The average molecular weight is 396 g/mol. The zero-order valence-electron chi connectivity index (χ0n) is 17.0. The Morgan fingerprint density at radius 3 is 2.77 bits per heavy atom. The van der Waals surface area contributed by atoms with Gasteiger partial charge in [-0.15, -0.1) is 0 Å². The lowest BCUT2D eigenvalue weighted by Gasteiger charge is -2.30. The van der Waals surface area contributed by atoms with Gasteiger partial charge in [-0.05, 0) is 48.6 Å². The van der Waals surface area contributed by atoms with Gasteiger partial charge in [-0.3, -0.25) is 4.79 Å². The van der Waals surface area contributed by atoms with Crippen LogP contribution < -0.4 is 0 Å². The summed E-state index contributed by atoms with van der Waals surface area (Å²) in [5.41, 5.74) is 5.17. The molecule has 0 saturated carbocycles. The number of H-pyrrole nitrogens is 1. The van der Waals surface area contributed by atoms with Crippen LogP contribution in [0, 0.1) is 5.92 Å². The molecule has 1 amide bonds. The lowest BCUT2D eigenvalue weighted by atomic mass is 10.00. The van der Waals surface area contributed by atoms with Gasteiger partial charge in [0.05, 0.1) is 5.69 Å². The molecule has 1 unspecified atom stereocenters. The highest BCUT2D eigenvalue weighted by atomic mass is 16.2. The minimum atomic E-state index is 0.0189. The number of carbonyl (C=O) groups is 1. The molecule has 5 nitrogen and oxygen atoms in total. The molecule has 0 aliphatic carbocycles. The van der Waals surface area contributed by atoms with Gasteiger partial charge in [0.2, 0.25) is 0 Å². The Balaban J connectivity index is 1.45. The van der Waals surface area contributed by atoms with Gasteiger partial charge >= 0.3 is 0 Å². The number of aromatic amines is 1. The number of carbonyl (C=O) groups excluding carboxylic acids is 1. The molecule has 1 fully saturated rings. The molecular weight excluding hydrogens is 372 g/mol. The van der Waals surface area contributed by atoms with Gasteiger partial charge < -0.3 is 9.88 Å². The first kappa shape index (κ1) is 18.6. The standard InChI is InChI=1S/C25H24N4O/c1-17-7-6-12-29(16-17)25(30)22-11-5-10-21(27-22)20-13-19-14-23(28-24(19)26-15-20)18-8-3-2-4-9-18/h2-5,8-11,13-15,17H,6-7,12,16H2,1H3,(H,26,28). The summed E-state index contributed by atoms with van der Waals surface area (Å²) in [6.45, 7) is 3.82. The molecule has 0 bridgehead atoms. The first-order valence-corrected chi connectivity index (χ1v) is 10.5. The fourth-order valence-electron chi connectivity index (χ4n) is 4.18. The fourth-order valence-corrected chi connectivity index (χ4v) is 4.18. The first-order chi connectivity index (χ1) is 14.7. The predicted molar refractivity (Wildman–Crippen MR) is 119 cm³/mol. The summed E-state index contributed by atoms with van der Waals surface area (Å²) in [7, 11) is 0. The van der Waals surface area contributed by atoms with E-state index in [4.69, 9.17) is 0 Å². The third-order valence-corrected chi connectivity index (χ3v) is 5.76. The molecule has 3 aromatic heterocycles. The molecule has 5 rings (SSSR count). The van der Waals surface area contributed by atoms with E-state index in [1.807, 2.05) is 41.4 Å². The number of likely N-dealkylation sites (tertiary alicyclic amines) is 1. The number of nitrogens with one attached hydrogen (secondary N) is 1. The van der Waals surface area contributed by atoms with Gasteiger partial charge in [0.25, 0.3) is 5.91 Å². The molecule has 1 atom stereocenters. The van der Waals surface area contributed by atoms with Gasteiger partial charge in [-0.1, -0.05) is 43.3 Å². The van der Waals surface area contributed by atoms with Crippen LogP contribution in [0.15, 0.2) is 66.9 Å². The van der Waals surface area contributed by atoms with E-state index < -0.39 is 0 Å². The first-order valence-electron chi connectivity index (χ1n) is 10.5. The van der Waals surface area contributed by atoms with Gasteiger partial charge in [0.15, 0.2) is 0 Å². The molecule has 1 N–H and O–H groups in total. The third kappa shape index (κ3) is 3.59. The van der Waals surface area contributed by atoms with Crippen LogP contribution >= 0.6 is 0 Å². The van der Waals surface area contributed by atoms with E-state index in [9.17, 15) is 4.79 Å². The Morgan fingerprint density at radius 2 is 1.93 bits per heavy atom. The highest BCUT2D eigenvalue weighted by Crippen LogP contribution is 2.27. The Morgan fingerprint density at radius 1 is 1.07 bits per heavy atom. The molecule has 1 aromatic carbocycles. The van der Waals surface area contributed by atoms with E-state index in [-0.39, 0.29) is 5.91 Å². The monoisotopic (exact) mass is 396 g/mol. The highest BCUT2D eigenvalue weighted by Gasteiger charge is 2.23. The molecule has 0 radical (unpaired) electrons. The van der Waals surface area contributed by atoms with Crippen molar-refractivity contribution in [2.45, 2.75) is 19.8 Å². The van der Waals surface area contributed by atoms with Gasteiger partial charge in [0.1, 0.15) is 11.3 Å². The van der Waals surface area contributed by atoms with Gasteiger partial charge in [-0.25, -0.2) is 9.97 Å². The van der Waals surface area contributed by atoms with Crippen LogP contribution in [-0.2, 0) is 0 Å². The van der Waals surface area contributed by atoms with Gasteiger partial charge in [0, 0.05) is 35.9 Å². The summed E-state index contributed by atoms with van der Waals surface area (Å²) in [6.07, 6.45) is 4.06. The minimum Gasteiger partial charge on any atom is -0.339 e. The van der Waals surface area contributed by atoms with E-state index in [0.29, 0.717) is 11.6 Å². The Hall–Kier alpha value is -3.47. The highest BCUT2D eigenvalue weighted by molar-refractivity contribution is 5.93. The van der Waals surface area contributed by atoms with E-state index in [1.165, 1.54) is 6.42 Å². The fraction of sp³-hybridized carbons (Fsp3) is 0.240. The predicted octanol–water partition coefficient (Wildman–Crippen LogP) is 5.16. The largest absolute Gasteiger partial charge is 0.339 e.